The quantitative estimate of drug-likeness (QED) is 0.711. The van der Waals surface area contributed by atoms with Gasteiger partial charge in [0.15, 0.2) is 13.1 Å². The van der Waals surface area contributed by atoms with E-state index in [1.165, 1.54) is 12.1 Å². The number of quaternary nitrogens is 1. The maximum Gasteiger partial charge on any atom is 0.279 e. The summed E-state index contributed by atoms with van der Waals surface area (Å²) in [7, 11) is 1.81. The molecule has 5 nitrogen and oxygen atoms in total. The monoisotopic (exact) mass is 352 g/mol. The summed E-state index contributed by atoms with van der Waals surface area (Å²) >= 11 is 0. The molecule has 25 heavy (non-hydrogen) atoms. The van der Waals surface area contributed by atoms with Crippen molar-refractivity contribution in [2.24, 2.45) is 0 Å². The molecule has 1 unspecified atom stereocenters. The summed E-state index contributed by atoms with van der Waals surface area (Å²) < 4.78 is 13.2. The van der Waals surface area contributed by atoms with Crippen molar-refractivity contribution >= 4 is 17.5 Å². The summed E-state index contributed by atoms with van der Waals surface area (Å²) in [5.41, 5.74) is 0.421. The van der Waals surface area contributed by atoms with E-state index < -0.39 is 5.82 Å². The largest absolute Gasteiger partial charge is 0.332 e. The number of amides is 2. The molecular weight excluding hydrogens is 321 g/mol. The van der Waals surface area contributed by atoms with Gasteiger partial charge in [0.1, 0.15) is 5.82 Å². The molecule has 0 spiro atoms. The second-order valence-corrected chi connectivity index (χ2v) is 6.68. The smallest absolute Gasteiger partial charge is 0.279 e. The summed E-state index contributed by atoms with van der Waals surface area (Å²) in [6, 6.07) is 6.12. The molecule has 0 bridgehead atoms. The van der Waals surface area contributed by atoms with Crippen molar-refractivity contribution in [3.63, 3.8) is 0 Å². The van der Waals surface area contributed by atoms with Crippen molar-refractivity contribution in [3.8, 4) is 0 Å². The van der Waals surface area contributed by atoms with Gasteiger partial charge in [0.05, 0.1) is 7.05 Å². The number of nitrogens with zero attached hydrogens (tertiary/aromatic N) is 1. The first-order chi connectivity index (χ1) is 11.8. The maximum absolute atomic E-state index is 13.2. The van der Waals surface area contributed by atoms with E-state index in [0.717, 1.165) is 17.7 Å². The predicted molar refractivity (Wildman–Crippen MR) is 98.0 cm³/mol. The Morgan fingerprint density at radius 2 is 1.76 bits per heavy atom. The van der Waals surface area contributed by atoms with Gasteiger partial charge < -0.3 is 15.1 Å². The van der Waals surface area contributed by atoms with Gasteiger partial charge in [0.25, 0.3) is 11.8 Å². The van der Waals surface area contributed by atoms with Crippen LogP contribution in [0.25, 0.3) is 0 Å². The molecular formula is C19H31FN3O2+. The molecule has 3 atom stereocenters. The molecule has 1 rings (SSSR count). The maximum atomic E-state index is 13.2. The van der Waals surface area contributed by atoms with Gasteiger partial charge in [-0.15, -0.1) is 0 Å². The van der Waals surface area contributed by atoms with Crippen LogP contribution in [0.5, 0.6) is 0 Å². The third-order valence-corrected chi connectivity index (χ3v) is 4.44. The van der Waals surface area contributed by atoms with Crippen LogP contribution in [-0.4, -0.2) is 48.9 Å². The molecule has 140 valence electrons. The Morgan fingerprint density at radius 3 is 2.28 bits per heavy atom. The Balaban J connectivity index is 2.60. The molecule has 0 aromatic heterocycles. The van der Waals surface area contributed by atoms with Gasteiger partial charge in [0, 0.05) is 17.8 Å². The number of likely N-dealkylation sites (N-methyl/N-ethyl adjacent to an activating group) is 1. The third-order valence-electron chi connectivity index (χ3n) is 4.44. The Hall–Kier alpha value is -1.95. The number of hydrogen-bond donors (Lipinski definition) is 2. The van der Waals surface area contributed by atoms with E-state index in [-0.39, 0.29) is 37.0 Å². The summed E-state index contributed by atoms with van der Waals surface area (Å²) in [5, 5.41) is 2.66. The lowest BCUT2D eigenvalue weighted by Gasteiger charge is -2.34. The van der Waals surface area contributed by atoms with E-state index in [1.807, 2.05) is 11.9 Å². The summed E-state index contributed by atoms with van der Waals surface area (Å²) in [6.45, 7) is 8.64. The number of anilines is 1. The van der Waals surface area contributed by atoms with E-state index in [1.54, 1.807) is 12.1 Å². The number of rotatable bonds is 9. The highest BCUT2D eigenvalue weighted by Crippen LogP contribution is 2.11. The van der Waals surface area contributed by atoms with Gasteiger partial charge in [-0.05, 0) is 44.9 Å². The summed E-state index contributed by atoms with van der Waals surface area (Å²) in [4.78, 5) is 27.5. The Kier molecular flexibility index (Phi) is 8.55. The van der Waals surface area contributed by atoms with Crippen molar-refractivity contribution in [2.75, 3.05) is 25.5 Å². The van der Waals surface area contributed by atoms with Crippen LogP contribution < -0.4 is 10.2 Å². The summed E-state index contributed by atoms with van der Waals surface area (Å²) in [6.07, 6.45) is 1.80. The molecule has 1 aromatic rings. The molecule has 6 heteroatoms. The highest BCUT2D eigenvalue weighted by Gasteiger charge is 2.26. The van der Waals surface area contributed by atoms with Crippen LogP contribution in [0, 0.1) is 5.82 Å². The topological polar surface area (TPSA) is 53.9 Å². The minimum Gasteiger partial charge on any atom is -0.332 e. The molecule has 0 aliphatic rings. The number of carbonyl (C=O) groups is 2. The van der Waals surface area contributed by atoms with E-state index in [9.17, 15) is 14.0 Å². The van der Waals surface area contributed by atoms with Crippen LogP contribution in [0.1, 0.15) is 40.5 Å². The fourth-order valence-electron chi connectivity index (χ4n) is 2.78. The SMILES string of the molecule is CC[C@H](C)N(C(=O)C[NH+](C)CC(=O)Nc1cccc(F)c1)[C@@H](C)CC. The molecule has 0 saturated heterocycles. The Morgan fingerprint density at radius 1 is 1.16 bits per heavy atom. The fourth-order valence-corrected chi connectivity index (χ4v) is 2.78. The second kappa shape index (κ2) is 10.1. The molecule has 0 heterocycles. The third kappa shape index (κ3) is 6.82. The van der Waals surface area contributed by atoms with E-state index in [0.29, 0.717) is 5.69 Å². The van der Waals surface area contributed by atoms with Crippen molar-refractivity contribution in [3.05, 3.63) is 30.1 Å². The average molecular weight is 352 g/mol. The first-order valence-corrected chi connectivity index (χ1v) is 8.96. The lowest BCUT2D eigenvalue weighted by molar-refractivity contribution is -0.862. The van der Waals surface area contributed by atoms with E-state index >= 15 is 0 Å². The molecule has 0 radical (unpaired) electrons. The van der Waals surface area contributed by atoms with Crippen LogP contribution in [0.4, 0.5) is 10.1 Å². The number of halogens is 1. The number of nitrogens with one attached hydrogen (secondary N) is 2. The molecule has 2 N–H and O–H groups in total. The zero-order valence-electron chi connectivity index (χ0n) is 15.9. The fraction of sp³-hybridized carbons (Fsp3) is 0.579. The number of hydrogen-bond acceptors (Lipinski definition) is 2. The standard InChI is InChI=1S/C19H30FN3O2/c1-6-14(3)23(15(4)7-2)19(25)13-22(5)12-18(24)21-17-10-8-9-16(20)11-17/h8-11,14-15H,6-7,12-13H2,1-5H3,(H,21,24)/p+1/t14-,15-/m0/s1. The predicted octanol–water partition coefficient (Wildman–Crippen LogP) is 1.70. The van der Waals surface area contributed by atoms with E-state index in [2.05, 4.69) is 33.0 Å². The van der Waals surface area contributed by atoms with Crippen LogP contribution >= 0.6 is 0 Å². The summed E-state index contributed by atoms with van der Waals surface area (Å²) in [5.74, 6) is -0.583. The molecule has 0 fully saturated rings. The zero-order valence-corrected chi connectivity index (χ0v) is 15.9. The first kappa shape index (κ1) is 21.1. The first-order valence-electron chi connectivity index (χ1n) is 8.96. The van der Waals surface area contributed by atoms with Crippen molar-refractivity contribution < 1.29 is 18.9 Å². The van der Waals surface area contributed by atoms with Gasteiger partial charge in [-0.2, -0.15) is 0 Å². The van der Waals surface area contributed by atoms with Gasteiger partial charge in [-0.1, -0.05) is 19.9 Å². The van der Waals surface area contributed by atoms with Crippen LogP contribution in [0.2, 0.25) is 0 Å². The zero-order chi connectivity index (χ0) is 19.0. The second-order valence-electron chi connectivity index (χ2n) is 6.68. The van der Waals surface area contributed by atoms with Gasteiger partial charge in [-0.3, -0.25) is 9.59 Å². The molecule has 0 aliphatic heterocycles. The van der Waals surface area contributed by atoms with Crippen molar-refractivity contribution in [1.29, 1.82) is 0 Å². The molecule has 1 aromatic carbocycles. The Labute approximate surface area is 150 Å². The molecule has 0 saturated carbocycles. The lowest BCUT2D eigenvalue weighted by atomic mass is 10.1. The van der Waals surface area contributed by atoms with Crippen LogP contribution in [-0.2, 0) is 9.59 Å². The molecule has 2 amide bonds. The minimum atomic E-state index is -0.397. The average Bonchev–Trinajstić information content (AvgIpc) is 2.54. The van der Waals surface area contributed by atoms with Crippen LogP contribution in [0.3, 0.4) is 0 Å². The van der Waals surface area contributed by atoms with Crippen molar-refractivity contribution in [1.82, 2.24) is 4.90 Å². The number of carbonyl (C=O) groups excluding carboxylic acids is 2. The highest BCUT2D eigenvalue weighted by atomic mass is 19.1. The van der Waals surface area contributed by atoms with Gasteiger partial charge in [0.2, 0.25) is 0 Å². The number of benzene rings is 1. The molecule has 0 aliphatic carbocycles. The van der Waals surface area contributed by atoms with Crippen molar-refractivity contribution in [2.45, 2.75) is 52.6 Å². The lowest BCUT2D eigenvalue weighted by Crippen LogP contribution is -3.11. The van der Waals surface area contributed by atoms with E-state index in [4.69, 9.17) is 0 Å². The van der Waals surface area contributed by atoms with Gasteiger partial charge in [-0.25, -0.2) is 4.39 Å². The Bertz CT molecular complexity index is 570. The van der Waals surface area contributed by atoms with Crippen LogP contribution in [0.15, 0.2) is 24.3 Å². The highest BCUT2D eigenvalue weighted by molar-refractivity contribution is 5.91. The van der Waals surface area contributed by atoms with Gasteiger partial charge >= 0.3 is 0 Å². The normalized spacial score (nSPS) is 14.5. The minimum absolute atomic E-state index is 0.0553.